The van der Waals surface area contributed by atoms with Gasteiger partial charge in [0.2, 0.25) is 0 Å². The summed E-state index contributed by atoms with van der Waals surface area (Å²) in [7, 11) is 2.79. The number of carboxylic acid groups (broad SMARTS) is 1. The Morgan fingerprint density at radius 3 is 2.11 bits per heavy atom. The Hall–Kier alpha value is -3.55. The number of esters is 1. The molecule has 0 atom stereocenters. The van der Waals surface area contributed by atoms with Crippen molar-refractivity contribution in [3.8, 4) is 17.2 Å². The van der Waals surface area contributed by atoms with Crippen LogP contribution in [0.5, 0.6) is 17.2 Å². The molecule has 142 valence electrons. The SMILES string of the molecule is CCC(=O)Oc1ccc(C(=O)Nc2cc(OC)c(OC)cc2C(=O)O)cc1. The van der Waals surface area contributed by atoms with E-state index in [1.165, 1.54) is 50.6 Å². The van der Waals surface area contributed by atoms with E-state index in [0.717, 1.165) is 0 Å². The highest BCUT2D eigenvalue weighted by Crippen LogP contribution is 2.33. The van der Waals surface area contributed by atoms with Gasteiger partial charge >= 0.3 is 11.9 Å². The maximum Gasteiger partial charge on any atom is 0.337 e. The van der Waals surface area contributed by atoms with E-state index in [1.54, 1.807) is 6.92 Å². The fraction of sp³-hybridized carbons (Fsp3) is 0.211. The smallest absolute Gasteiger partial charge is 0.337 e. The summed E-state index contributed by atoms with van der Waals surface area (Å²) in [6, 6.07) is 8.54. The van der Waals surface area contributed by atoms with E-state index in [1.807, 2.05) is 0 Å². The fourth-order valence-corrected chi connectivity index (χ4v) is 2.23. The van der Waals surface area contributed by atoms with Gasteiger partial charge in [-0.3, -0.25) is 9.59 Å². The predicted octanol–water partition coefficient (Wildman–Crippen LogP) is 2.97. The third-order valence-corrected chi connectivity index (χ3v) is 3.64. The molecule has 0 aliphatic heterocycles. The third-order valence-electron chi connectivity index (χ3n) is 3.64. The number of benzene rings is 2. The molecule has 0 fully saturated rings. The van der Waals surface area contributed by atoms with Crippen LogP contribution in [-0.2, 0) is 4.79 Å². The molecule has 0 aromatic heterocycles. The highest BCUT2D eigenvalue weighted by atomic mass is 16.5. The Morgan fingerprint density at radius 2 is 1.59 bits per heavy atom. The van der Waals surface area contributed by atoms with Gasteiger partial charge < -0.3 is 24.6 Å². The van der Waals surface area contributed by atoms with Crippen molar-refractivity contribution in [1.82, 2.24) is 0 Å². The molecule has 8 nitrogen and oxygen atoms in total. The first-order valence-electron chi connectivity index (χ1n) is 8.01. The second-order valence-corrected chi connectivity index (χ2v) is 5.36. The van der Waals surface area contributed by atoms with Crippen LogP contribution in [0.3, 0.4) is 0 Å². The van der Waals surface area contributed by atoms with Gasteiger partial charge in [-0.15, -0.1) is 0 Å². The first-order chi connectivity index (χ1) is 12.9. The quantitative estimate of drug-likeness (QED) is 0.567. The second-order valence-electron chi connectivity index (χ2n) is 5.36. The minimum atomic E-state index is -1.23. The molecule has 8 heteroatoms. The second kappa shape index (κ2) is 8.70. The highest BCUT2D eigenvalue weighted by molar-refractivity contribution is 6.08. The molecule has 2 rings (SSSR count). The zero-order valence-electron chi connectivity index (χ0n) is 15.1. The average Bonchev–Trinajstić information content (AvgIpc) is 2.67. The molecule has 0 aliphatic carbocycles. The van der Waals surface area contributed by atoms with Crippen molar-refractivity contribution in [3.05, 3.63) is 47.5 Å². The topological polar surface area (TPSA) is 111 Å². The normalized spacial score (nSPS) is 10.0. The van der Waals surface area contributed by atoms with Crippen LogP contribution in [-0.4, -0.2) is 37.2 Å². The number of anilines is 1. The number of carboxylic acids is 1. The molecular formula is C19H19NO7. The Balaban J connectivity index is 2.26. The lowest BCUT2D eigenvalue weighted by atomic mass is 10.1. The molecule has 2 N–H and O–H groups in total. The minimum absolute atomic E-state index is 0.0617. The van der Waals surface area contributed by atoms with Crippen molar-refractivity contribution >= 4 is 23.5 Å². The van der Waals surface area contributed by atoms with Crippen molar-refractivity contribution in [3.63, 3.8) is 0 Å². The van der Waals surface area contributed by atoms with Gasteiger partial charge in [0.05, 0.1) is 25.5 Å². The lowest BCUT2D eigenvalue weighted by Gasteiger charge is -2.14. The predicted molar refractivity (Wildman–Crippen MR) is 96.8 cm³/mol. The zero-order valence-corrected chi connectivity index (χ0v) is 15.1. The molecule has 1 amide bonds. The summed E-state index contributed by atoms with van der Waals surface area (Å²) in [5.74, 6) is -1.32. The molecule has 2 aromatic carbocycles. The number of hydrogen-bond donors (Lipinski definition) is 2. The molecule has 0 heterocycles. The van der Waals surface area contributed by atoms with Gasteiger partial charge in [0.15, 0.2) is 11.5 Å². The minimum Gasteiger partial charge on any atom is -0.493 e. The van der Waals surface area contributed by atoms with Gasteiger partial charge in [-0.05, 0) is 24.3 Å². The molecule has 0 aliphatic rings. The number of aromatic carboxylic acids is 1. The van der Waals surface area contributed by atoms with Crippen LogP contribution in [0, 0.1) is 0 Å². The maximum atomic E-state index is 12.4. The van der Waals surface area contributed by atoms with E-state index < -0.39 is 11.9 Å². The molecule has 0 radical (unpaired) electrons. The number of carbonyl (C=O) groups is 3. The van der Waals surface area contributed by atoms with Crippen LogP contribution < -0.4 is 19.5 Å². The summed E-state index contributed by atoms with van der Waals surface area (Å²) < 4.78 is 15.3. The van der Waals surface area contributed by atoms with Gasteiger partial charge in [0.25, 0.3) is 5.91 Å². The first kappa shape index (κ1) is 19.8. The summed E-state index contributed by atoms with van der Waals surface area (Å²) in [6.07, 6.45) is 0.236. The van der Waals surface area contributed by atoms with Gasteiger partial charge in [-0.2, -0.15) is 0 Å². The molecule has 2 aromatic rings. The number of methoxy groups -OCH3 is 2. The number of nitrogens with one attached hydrogen (secondary N) is 1. The molecule has 27 heavy (non-hydrogen) atoms. The first-order valence-corrected chi connectivity index (χ1v) is 8.01. The van der Waals surface area contributed by atoms with Crippen LogP contribution in [0.4, 0.5) is 5.69 Å². The van der Waals surface area contributed by atoms with Crippen molar-refractivity contribution < 1.29 is 33.7 Å². The van der Waals surface area contributed by atoms with E-state index in [-0.39, 0.29) is 40.7 Å². The largest absolute Gasteiger partial charge is 0.493 e. The van der Waals surface area contributed by atoms with Crippen molar-refractivity contribution in [2.75, 3.05) is 19.5 Å². The van der Waals surface area contributed by atoms with Crippen molar-refractivity contribution in [2.45, 2.75) is 13.3 Å². The Morgan fingerprint density at radius 1 is 1.00 bits per heavy atom. The summed E-state index contributed by atoms with van der Waals surface area (Å²) >= 11 is 0. The standard InChI is InChI=1S/C19H19NO7/c1-4-17(21)27-12-7-5-11(6-8-12)18(22)20-14-10-16(26-3)15(25-2)9-13(14)19(23)24/h5-10H,4H2,1-3H3,(H,20,22)(H,23,24). The van der Waals surface area contributed by atoms with Gasteiger partial charge in [0.1, 0.15) is 5.75 Å². The Kier molecular flexibility index (Phi) is 6.37. The average molecular weight is 373 g/mol. The number of rotatable bonds is 7. The molecule has 0 spiro atoms. The van der Waals surface area contributed by atoms with Crippen LogP contribution in [0.15, 0.2) is 36.4 Å². The van der Waals surface area contributed by atoms with E-state index in [2.05, 4.69) is 5.32 Å². The van der Waals surface area contributed by atoms with Crippen molar-refractivity contribution in [2.24, 2.45) is 0 Å². The highest BCUT2D eigenvalue weighted by Gasteiger charge is 2.18. The molecule has 0 unspecified atom stereocenters. The molecule has 0 saturated carbocycles. The van der Waals surface area contributed by atoms with Crippen LogP contribution in [0.1, 0.15) is 34.1 Å². The molecular weight excluding hydrogens is 354 g/mol. The number of carbonyl (C=O) groups excluding carboxylic acids is 2. The lowest BCUT2D eigenvalue weighted by Crippen LogP contribution is -2.15. The fourth-order valence-electron chi connectivity index (χ4n) is 2.23. The number of ether oxygens (including phenoxy) is 3. The summed E-state index contributed by atoms with van der Waals surface area (Å²) in [5, 5.41) is 11.9. The van der Waals surface area contributed by atoms with Crippen LogP contribution >= 0.6 is 0 Å². The lowest BCUT2D eigenvalue weighted by molar-refractivity contribution is -0.134. The third kappa shape index (κ3) is 4.75. The van der Waals surface area contributed by atoms with Gasteiger partial charge in [-0.25, -0.2) is 4.79 Å². The summed E-state index contributed by atoms with van der Waals surface area (Å²) in [5.41, 5.74) is 0.179. The summed E-state index contributed by atoms with van der Waals surface area (Å²) in [6.45, 7) is 1.67. The molecule has 0 bridgehead atoms. The number of amides is 1. The van der Waals surface area contributed by atoms with Crippen LogP contribution in [0.25, 0.3) is 0 Å². The monoisotopic (exact) mass is 373 g/mol. The van der Waals surface area contributed by atoms with E-state index in [0.29, 0.717) is 5.75 Å². The Labute approximate surface area is 155 Å². The van der Waals surface area contributed by atoms with Crippen molar-refractivity contribution in [1.29, 1.82) is 0 Å². The maximum absolute atomic E-state index is 12.4. The zero-order chi connectivity index (χ0) is 20.0. The van der Waals surface area contributed by atoms with E-state index >= 15 is 0 Å². The van der Waals surface area contributed by atoms with E-state index in [9.17, 15) is 19.5 Å². The van der Waals surface area contributed by atoms with Crippen LogP contribution in [0.2, 0.25) is 0 Å². The van der Waals surface area contributed by atoms with Gasteiger partial charge in [0, 0.05) is 24.1 Å². The number of hydrogen-bond acceptors (Lipinski definition) is 6. The Bertz CT molecular complexity index is 859. The molecule has 0 saturated heterocycles. The van der Waals surface area contributed by atoms with E-state index in [4.69, 9.17) is 14.2 Å². The summed E-state index contributed by atoms with van der Waals surface area (Å²) in [4.78, 5) is 35.2. The van der Waals surface area contributed by atoms with Gasteiger partial charge in [-0.1, -0.05) is 6.92 Å².